The molecule has 0 bridgehead atoms. The van der Waals surface area contributed by atoms with Gasteiger partial charge in [0.2, 0.25) is 0 Å². The van der Waals surface area contributed by atoms with Gasteiger partial charge in [0, 0.05) is 0 Å². The standard InChI is InChI=1S/C16H16O4Se/c1-11-7-14(17)16(8-11)12(9-20-15(16)18)10-21(19)13-5-3-2-4-6-13/h2-7,12H,8-10H2,1H3. The van der Waals surface area contributed by atoms with Gasteiger partial charge in [0.05, 0.1) is 0 Å². The number of allylic oxidation sites excluding steroid dienone is 2. The van der Waals surface area contributed by atoms with Crippen LogP contribution in [0.2, 0.25) is 5.32 Å². The van der Waals surface area contributed by atoms with E-state index in [4.69, 9.17) is 4.74 Å². The molecule has 0 N–H and O–H groups in total. The third kappa shape index (κ3) is 2.30. The van der Waals surface area contributed by atoms with Crippen LogP contribution in [0.1, 0.15) is 13.3 Å². The molecule has 3 rings (SSSR count). The number of hydrogen-bond donors (Lipinski definition) is 0. The third-order valence-corrected chi connectivity index (χ3v) is 7.36. The van der Waals surface area contributed by atoms with E-state index in [0.29, 0.717) is 11.7 Å². The average Bonchev–Trinajstić information content (AvgIpc) is 2.94. The molecule has 0 saturated carbocycles. The molecule has 1 aliphatic carbocycles. The van der Waals surface area contributed by atoms with Gasteiger partial charge in [0.1, 0.15) is 0 Å². The molecule has 1 aliphatic heterocycles. The normalized spacial score (nSPS) is 29.6. The van der Waals surface area contributed by atoms with Crippen molar-refractivity contribution < 1.29 is 18.2 Å². The summed E-state index contributed by atoms with van der Waals surface area (Å²) in [5.74, 6) is -0.911. The molecule has 5 heteroatoms. The molecular formula is C16H16O4Se. The van der Waals surface area contributed by atoms with Gasteiger partial charge in [-0.25, -0.2) is 0 Å². The van der Waals surface area contributed by atoms with E-state index in [9.17, 15) is 13.4 Å². The second kappa shape index (κ2) is 5.32. The molecular weight excluding hydrogens is 335 g/mol. The summed E-state index contributed by atoms with van der Waals surface area (Å²) in [7, 11) is 0. The van der Waals surface area contributed by atoms with Crippen LogP contribution in [-0.4, -0.2) is 32.2 Å². The van der Waals surface area contributed by atoms with Crippen molar-refractivity contribution in [2.24, 2.45) is 11.3 Å². The van der Waals surface area contributed by atoms with E-state index >= 15 is 0 Å². The fourth-order valence-electron chi connectivity index (χ4n) is 3.10. The number of rotatable bonds is 3. The van der Waals surface area contributed by atoms with Gasteiger partial charge in [0.25, 0.3) is 0 Å². The van der Waals surface area contributed by atoms with Crippen LogP contribution in [0.15, 0.2) is 42.0 Å². The first kappa shape index (κ1) is 14.4. The van der Waals surface area contributed by atoms with E-state index in [1.165, 1.54) is 6.08 Å². The maximum atomic E-state index is 12.5. The van der Waals surface area contributed by atoms with Crippen molar-refractivity contribution in [3.8, 4) is 0 Å². The van der Waals surface area contributed by atoms with E-state index in [0.717, 1.165) is 10.0 Å². The molecule has 0 aromatic heterocycles. The monoisotopic (exact) mass is 352 g/mol. The van der Waals surface area contributed by atoms with Gasteiger partial charge in [-0.1, -0.05) is 0 Å². The van der Waals surface area contributed by atoms with Crippen molar-refractivity contribution in [2.75, 3.05) is 6.61 Å². The van der Waals surface area contributed by atoms with E-state index < -0.39 is 25.2 Å². The van der Waals surface area contributed by atoms with Crippen molar-refractivity contribution >= 4 is 30.0 Å². The minimum atomic E-state index is -2.28. The Morgan fingerprint density at radius 3 is 2.62 bits per heavy atom. The quantitative estimate of drug-likeness (QED) is 0.469. The predicted molar refractivity (Wildman–Crippen MR) is 77.6 cm³/mol. The van der Waals surface area contributed by atoms with E-state index in [2.05, 4.69) is 0 Å². The Morgan fingerprint density at radius 2 is 2.00 bits per heavy atom. The summed E-state index contributed by atoms with van der Waals surface area (Å²) in [4.78, 5) is 24.4. The number of cyclic esters (lactones) is 1. The summed E-state index contributed by atoms with van der Waals surface area (Å²) in [6, 6.07) is 9.24. The molecule has 1 saturated heterocycles. The summed E-state index contributed by atoms with van der Waals surface area (Å²) >= 11 is -2.28. The number of benzene rings is 1. The van der Waals surface area contributed by atoms with Crippen LogP contribution in [0.5, 0.6) is 0 Å². The SMILES string of the molecule is CC1=CC(=O)C2(C1)C(=O)OCC2C[Se](=O)c1ccccc1. The fourth-order valence-corrected chi connectivity index (χ4v) is 6.04. The number of carbonyl (C=O) groups is 2. The van der Waals surface area contributed by atoms with Crippen molar-refractivity contribution in [3.63, 3.8) is 0 Å². The van der Waals surface area contributed by atoms with Crippen LogP contribution in [-0.2, 0) is 18.2 Å². The number of hydrogen-bond acceptors (Lipinski definition) is 4. The van der Waals surface area contributed by atoms with E-state index in [1.54, 1.807) is 0 Å². The van der Waals surface area contributed by atoms with E-state index in [1.807, 2.05) is 37.3 Å². The molecule has 21 heavy (non-hydrogen) atoms. The molecule has 4 nitrogen and oxygen atoms in total. The van der Waals surface area contributed by atoms with Crippen molar-refractivity contribution in [3.05, 3.63) is 42.0 Å². The molecule has 110 valence electrons. The van der Waals surface area contributed by atoms with Crippen LogP contribution in [0.3, 0.4) is 0 Å². The van der Waals surface area contributed by atoms with Gasteiger partial charge in [-0.05, 0) is 0 Å². The third-order valence-electron chi connectivity index (χ3n) is 4.21. The Hall–Kier alpha value is -1.58. The van der Waals surface area contributed by atoms with Crippen LogP contribution in [0, 0.1) is 11.3 Å². The van der Waals surface area contributed by atoms with Crippen LogP contribution in [0.4, 0.5) is 0 Å². The zero-order chi connectivity index (χ0) is 15.0. The Kier molecular flexibility index (Phi) is 3.64. The number of ether oxygens (including phenoxy) is 1. The van der Waals surface area contributed by atoms with Gasteiger partial charge >= 0.3 is 127 Å². The van der Waals surface area contributed by atoms with Gasteiger partial charge < -0.3 is 0 Å². The van der Waals surface area contributed by atoms with Crippen LogP contribution < -0.4 is 4.46 Å². The Morgan fingerprint density at radius 1 is 1.29 bits per heavy atom. The minimum absolute atomic E-state index is 0.181. The van der Waals surface area contributed by atoms with Gasteiger partial charge in [-0.3, -0.25) is 0 Å². The van der Waals surface area contributed by atoms with Gasteiger partial charge in [-0.2, -0.15) is 0 Å². The summed E-state index contributed by atoms with van der Waals surface area (Å²) < 4.78 is 18.5. The molecule has 1 spiro atoms. The molecule has 1 fully saturated rings. The fraction of sp³-hybridized carbons (Fsp3) is 0.375. The zero-order valence-electron chi connectivity index (χ0n) is 11.7. The maximum absolute atomic E-state index is 12.5. The number of carbonyl (C=O) groups excluding carboxylic acids is 2. The van der Waals surface area contributed by atoms with Crippen LogP contribution in [0.25, 0.3) is 0 Å². The molecule has 3 atom stereocenters. The first-order valence-electron chi connectivity index (χ1n) is 6.86. The Labute approximate surface area is 127 Å². The Bertz CT molecular complexity index is 650. The number of esters is 1. The molecule has 1 heterocycles. The van der Waals surface area contributed by atoms with Crippen molar-refractivity contribution in [1.82, 2.24) is 0 Å². The van der Waals surface area contributed by atoms with E-state index in [-0.39, 0.29) is 18.3 Å². The molecule has 3 unspecified atom stereocenters. The summed E-state index contributed by atoms with van der Waals surface area (Å²) in [6.45, 7) is 2.04. The molecule has 2 aliphatic rings. The molecule has 0 amide bonds. The second-order valence-electron chi connectivity index (χ2n) is 5.62. The van der Waals surface area contributed by atoms with Crippen LogP contribution >= 0.6 is 0 Å². The first-order chi connectivity index (χ1) is 10.0. The van der Waals surface area contributed by atoms with Crippen molar-refractivity contribution in [1.29, 1.82) is 0 Å². The Balaban J connectivity index is 1.84. The molecule has 0 radical (unpaired) electrons. The topological polar surface area (TPSA) is 60.4 Å². The first-order valence-corrected chi connectivity index (χ1v) is 9.63. The zero-order valence-corrected chi connectivity index (χ0v) is 13.4. The van der Waals surface area contributed by atoms with Gasteiger partial charge in [-0.15, -0.1) is 0 Å². The second-order valence-corrected chi connectivity index (χ2v) is 8.76. The van der Waals surface area contributed by atoms with Gasteiger partial charge in [0.15, 0.2) is 0 Å². The molecule has 1 aromatic rings. The molecule has 1 aromatic carbocycles. The predicted octanol–water partition coefficient (Wildman–Crippen LogP) is 1.39. The summed E-state index contributed by atoms with van der Waals surface area (Å²) in [6.07, 6.45) is 1.94. The number of ketones is 1. The summed E-state index contributed by atoms with van der Waals surface area (Å²) in [5.41, 5.74) is -0.212. The average molecular weight is 351 g/mol. The van der Waals surface area contributed by atoms with Crippen molar-refractivity contribution in [2.45, 2.75) is 18.7 Å². The summed E-state index contributed by atoms with van der Waals surface area (Å²) in [5, 5.41) is 0.364.